The van der Waals surface area contributed by atoms with Gasteiger partial charge in [-0.1, -0.05) is 29.8 Å². The summed E-state index contributed by atoms with van der Waals surface area (Å²) >= 11 is 5.93. The van der Waals surface area contributed by atoms with Crippen molar-refractivity contribution in [2.45, 2.75) is 6.92 Å². The molecular formula is C20H16ClN5O. The second-order valence-electron chi connectivity index (χ2n) is 6.07. The number of halogens is 1. The summed E-state index contributed by atoms with van der Waals surface area (Å²) < 4.78 is 0. The second-order valence-corrected chi connectivity index (χ2v) is 6.51. The third kappa shape index (κ3) is 3.61. The Morgan fingerprint density at radius 2 is 1.81 bits per heavy atom. The molecule has 0 aliphatic carbocycles. The van der Waals surface area contributed by atoms with E-state index in [4.69, 9.17) is 11.6 Å². The number of aromatic amines is 1. The largest absolute Gasteiger partial charge is 0.323 e. The van der Waals surface area contributed by atoms with Crippen molar-refractivity contribution in [1.29, 1.82) is 0 Å². The van der Waals surface area contributed by atoms with Crippen molar-refractivity contribution in [3.8, 4) is 11.1 Å². The lowest BCUT2D eigenvalue weighted by atomic mass is 10.0. The van der Waals surface area contributed by atoms with Gasteiger partial charge >= 0.3 is 6.03 Å². The van der Waals surface area contributed by atoms with Gasteiger partial charge in [-0.15, -0.1) is 0 Å². The molecule has 2 heterocycles. The summed E-state index contributed by atoms with van der Waals surface area (Å²) in [7, 11) is 0. The van der Waals surface area contributed by atoms with Crippen LogP contribution in [0, 0.1) is 6.92 Å². The van der Waals surface area contributed by atoms with E-state index in [1.165, 1.54) is 0 Å². The van der Waals surface area contributed by atoms with Crippen LogP contribution >= 0.6 is 11.6 Å². The minimum Gasteiger partial charge on any atom is -0.308 e. The Morgan fingerprint density at radius 1 is 1.04 bits per heavy atom. The van der Waals surface area contributed by atoms with E-state index in [0.717, 1.165) is 22.2 Å². The first-order chi connectivity index (χ1) is 13.1. The van der Waals surface area contributed by atoms with Gasteiger partial charge in [0.15, 0.2) is 5.65 Å². The summed E-state index contributed by atoms with van der Waals surface area (Å²) in [6.45, 7) is 1.97. The number of urea groups is 1. The molecule has 0 aliphatic rings. The normalized spacial score (nSPS) is 10.7. The number of fused-ring (bicyclic) bond motifs is 1. The van der Waals surface area contributed by atoms with Gasteiger partial charge in [0, 0.05) is 33.7 Å². The number of carbonyl (C=O) groups excluding carboxylic acids is 1. The number of nitrogens with zero attached hydrogens (tertiary/aromatic N) is 2. The molecule has 0 unspecified atom stereocenters. The molecule has 3 N–H and O–H groups in total. The van der Waals surface area contributed by atoms with Crippen LogP contribution < -0.4 is 10.6 Å². The number of carbonyl (C=O) groups is 1. The van der Waals surface area contributed by atoms with Crippen LogP contribution in [0.15, 0.2) is 60.8 Å². The smallest absolute Gasteiger partial charge is 0.308 e. The maximum absolute atomic E-state index is 12.1. The number of amides is 2. The number of aryl methyl sites for hydroxylation is 1. The van der Waals surface area contributed by atoms with Crippen molar-refractivity contribution in [3.63, 3.8) is 0 Å². The van der Waals surface area contributed by atoms with Crippen LogP contribution in [0.25, 0.3) is 22.2 Å². The first kappa shape index (κ1) is 17.1. The highest BCUT2D eigenvalue weighted by Crippen LogP contribution is 2.29. The summed E-state index contributed by atoms with van der Waals surface area (Å²) in [5, 5.41) is 14.3. The van der Waals surface area contributed by atoms with Gasteiger partial charge in [0.05, 0.1) is 0 Å². The van der Waals surface area contributed by atoms with Crippen molar-refractivity contribution in [3.05, 3.63) is 71.5 Å². The highest BCUT2D eigenvalue weighted by molar-refractivity contribution is 6.30. The van der Waals surface area contributed by atoms with Crippen molar-refractivity contribution in [2.75, 3.05) is 10.6 Å². The Hall–Kier alpha value is -3.38. The van der Waals surface area contributed by atoms with Gasteiger partial charge in [0.1, 0.15) is 0 Å². The lowest BCUT2D eigenvalue weighted by Crippen LogP contribution is -2.19. The zero-order chi connectivity index (χ0) is 18.8. The number of hydrogen-bond donors (Lipinski definition) is 3. The third-order valence-corrected chi connectivity index (χ3v) is 4.41. The standard InChI is InChI=1S/C20H16ClN5O/c1-12-18-17(9-10-22-19(18)26-25-12)13-5-7-15(8-6-13)23-20(27)24-16-4-2-3-14(21)11-16/h2-11H,1H3,(H,22,25,26)(H2,23,24,27). The van der Waals surface area contributed by atoms with E-state index in [9.17, 15) is 4.79 Å². The molecule has 4 rings (SSSR count). The Morgan fingerprint density at radius 3 is 2.59 bits per heavy atom. The van der Waals surface area contributed by atoms with Crippen LogP contribution in [-0.2, 0) is 0 Å². The van der Waals surface area contributed by atoms with E-state index in [0.29, 0.717) is 22.0 Å². The molecule has 0 bridgehead atoms. The van der Waals surface area contributed by atoms with Crippen LogP contribution in [-0.4, -0.2) is 21.2 Å². The molecule has 0 saturated heterocycles. The molecule has 134 valence electrons. The molecule has 0 radical (unpaired) electrons. The van der Waals surface area contributed by atoms with E-state index in [1.54, 1.807) is 30.5 Å². The summed E-state index contributed by atoms with van der Waals surface area (Å²) in [4.78, 5) is 16.4. The lowest BCUT2D eigenvalue weighted by molar-refractivity contribution is 0.262. The average molecular weight is 378 g/mol. The summed E-state index contributed by atoms with van der Waals surface area (Å²) in [6.07, 6.45) is 1.74. The van der Waals surface area contributed by atoms with Gasteiger partial charge < -0.3 is 10.6 Å². The highest BCUT2D eigenvalue weighted by Gasteiger charge is 2.10. The average Bonchev–Trinajstić information content (AvgIpc) is 3.04. The number of hydrogen-bond acceptors (Lipinski definition) is 3. The SMILES string of the molecule is Cc1[nH]nc2nccc(-c3ccc(NC(=O)Nc4cccc(Cl)c4)cc3)c12. The Bertz CT molecular complexity index is 1120. The summed E-state index contributed by atoms with van der Waals surface area (Å²) in [6, 6.07) is 16.2. The van der Waals surface area contributed by atoms with Crippen LogP contribution in [0.5, 0.6) is 0 Å². The monoisotopic (exact) mass is 377 g/mol. The fourth-order valence-electron chi connectivity index (χ4n) is 2.93. The molecule has 2 aromatic heterocycles. The van der Waals surface area contributed by atoms with E-state index in [-0.39, 0.29) is 6.03 Å². The van der Waals surface area contributed by atoms with Crippen LogP contribution in [0.4, 0.5) is 16.2 Å². The number of nitrogens with one attached hydrogen (secondary N) is 3. The van der Waals surface area contributed by atoms with Crippen molar-refractivity contribution in [2.24, 2.45) is 0 Å². The van der Waals surface area contributed by atoms with Crippen LogP contribution in [0.1, 0.15) is 5.69 Å². The number of benzene rings is 2. The molecule has 0 atom stereocenters. The Balaban J connectivity index is 1.52. The highest BCUT2D eigenvalue weighted by atomic mass is 35.5. The minimum absolute atomic E-state index is 0.331. The third-order valence-electron chi connectivity index (χ3n) is 4.17. The first-order valence-corrected chi connectivity index (χ1v) is 8.71. The Labute approximate surface area is 160 Å². The van der Waals surface area contributed by atoms with Crippen molar-refractivity contribution < 1.29 is 4.79 Å². The zero-order valence-corrected chi connectivity index (χ0v) is 15.2. The zero-order valence-electron chi connectivity index (χ0n) is 14.5. The van der Waals surface area contributed by atoms with Gasteiger partial charge in [0.25, 0.3) is 0 Å². The van der Waals surface area contributed by atoms with Gasteiger partial charge in [-0.05, 0) is 54.4 Å². The molecule has 2 aromatic carbocycles. The number of rotatable bonds is 3. The first-order valence-electron chi connectivity index (χ1n) is 8.34. The molecule has 0 fully saturated rings. The molecule has 2 amide bonds. The molecule has 27 heavy (non-hydrogen) atoms. The predicted octanol–water partition coefficient (Wildman–Crippen LogP) is 5.23. The van der Waals surface area contributed by atoms with E-state index in [1.807, 2.05) is 37.3 Å². The molecule has 0 saturated carbocycles. The molecule has 6 nitrogen and oxygen atoms in total. The maximum Gasteiger partial charge on any atom is 0.323 e. The summed E-state index contributed by atoms with van der Waals surface area (Å²) in [5.41, 5.74) is 5.04. The van der Waals surface area contributed by atoms with E-state index in [2.05, 4.69) is 25.8 Å². The predicted molar refractivity (Wildman–Crippen MR) is 108 cm³/mol. The van der Waals surface area contributed by atoms with Gasteiger partial charge in [-0.3, -0.25) is 5.10 Å². The fourth-order valence-corrected chi connectivity index (χ4v) is 3.12. The number of H-pyrrole nitrogens is 1. The molecule has 7 heteroatoms. The van der Waals surface area contributed by atoms with Crippen LogP contribution in [0.2, 0.25) is 5.02 Å². The summed E-state index contributed by atoms with van der Waals surface area (Å²) in [5.74, 6) is 0. The minimum atomic E-state index is -0.331. The number of aromatic nitrogens is 3. The second kappa shape index (κ2) is 7.09. The van der Waals surface area contributed by atoms with Crippen molar-refractivity contribution in [1.82, 2.24) is 15.2 Å². The van der Waals surface area contributed by atoms with Crippen molar-refractivity contribution >= 4 is 40.0 Å². The van der Waals surface area contributed by atoms with Gasteiger partial charge in [0.2, 0.25) is 0 Å². The van der Waals surface area contributed by atoms with Gasteiger partial charge in [-0.25, -0.2) is 9.78 Å². The lowest BCUT2D eigenvalue weighted by Gasteiger charge is -2.09. The molecular weight excluding hydrogens is 362 g/mol. The van der Waals surface area contributed by atoms with Crippen LogP contribution in [0.3, 0.4) is 0 Å². The van der Waals surface area contributed by atoms with E-state index < -0.39 is 0 Å². The molecule has 0 aliphatic heterocycles. The van der Waals surface area contributed by atoms with E-state index >= 15 is 0 Å². The van der Waals surface area contributed by atoms with Gasteiger partial charge in [-0.2, -0.15) is 5.10 Å². The molecule has 4 aromatic rings. The number of pyridine rings is 1. The topological polar surface area (TPSA) is 82.7 Å². The Kier molecular flexibility index (Phi) is 4.48. The maximum atomic E-state index is 12.1. The molecule has 0 spiro atoms. The number of anilines is 2. The fraction of sp³-hybridized carbons (Fsp3) is 0.0500. The quantitative estimate of drug-likeness (QED) is 0.457.